The maximum absolute atomic E-state index is 14.1. The number of hydrogen-bond donors (Lipinski definition) is 1. The zero-order valence-electron chi connectivity index (χ0n) is 6.85. The van der Waals surface area contributed by atoms with E-state index in [0.29, 0.717) is 12.8 Å². The van der Waals surface area contributed by atoms with Crippen molar-refractivity contribution < 1.29 is 4.39 Å². The van der Waals surface area contributed by atoms with Crippen LogP contribution in [0.3, 0.4) is 0 Å². The van der Waals surface area contributed by atoms with Crippen LogP contribution in [0, 0.1) is 0 Å². The first-order valence-electron chi connectivity index (χ1n) is 4.25. The molecule has 0 saturated carbocycles. The molecule has 3 heteroatoms. The highest BCUT2D eigenvalue weighted by Crippen LogP contribution is 2.37. The van der Waals surface area contributed by atoms with Crippen molar-refractivity contribution in [2.24, 2.45) is 0 Å². The van der Waals surface area contributed by atoms with Gasteiger partial charge in [0.2, 0.25) is 0 Å². The first-order valence-corrected chi connectivity index (χ1v) is 5.13. The Morgan fingerprint density at radius 1 is 1.42 bits per heavy atom. The lowest BCUT2D eigenvalue weighted by Crippen LogP contribution is -2.36. The van der Waals surface area contributed by atoms with Gasteiger partial charge in [-0.25, -0.2) is 4.39 Å². The highest BCUT2D eigenvalue weighted by atomic mass is 32.1. The third-order valence-corrected chi connectivity index (χ3v) is 3.41. The molecule has 1 aliphatic heterocycles. The molecule has 0 amide bonds. The fourth-order valence-corrected chi connectivity index (χ4v) is 2.48. The minimum absolute atomic E-state index is 0.619. The van der Waals surface area contributed by atoms with E-state index in [-0.39, 0.29) is 0 Å². The topological polar surface area (TPSA) is 12.0 Å². The lowest BCUT2D eigenvalue weighted by Gasteiger charge is -2.28. The summed E-state index contributed by atoms with van der Waals surface area (Å²) >= 11 is 1.53. The standard InChI is InChI=1S/C9H12FNS/c10-9(3-5-11-6-4-9)8-2-1-7-12-8/h1-2,7,11H,3-6H2. The number of rotatable bonds is 1. The van der Waals surface area contributed by atoms with Crippen LogP contribution in [0.25, 0.3) is 0 Å². The SMILES string of the molecule is FC1(c2cccs2)CCNCC1. The molecule has 1 aliphatic rings. The van der Waals surface area contributed by atoms with E-state index in [9.17, 15) is 4.39 Å². The fourth-order valence-electron chi connectivity index (χ4n) is 1.60. The molecule has 1 aromatic rings. The van der Waals surface area contributed by atoms with Crippen LogP contribution in [0.4, 0.5) is 4.39 Å². The Morgan fingerprint density at radius 3 is 2.75 bits per heavy atom. The molecule has 1 fully saturated rings. The molecule has 0 bridgehead atoms. The molecule has 12 heavy (non-hydrogen) atoms. The highest BCUT2D eigenvalue weighted by Gasteiger charge is 2.34. The molecule has 0 radical (unpaired) electrons. The number of hydrogen-bond acceptors (Lipinski definition) is 2. The molecule has 0 atom stereocenters. The minimum atomic E-state index is -1.04. The Kier molecular flexibility index (Phi) is 2.15. The molecular formula is C9H12FNS. The lowest BCUT2D eigenvalue weighted by atomic mass is 9.93. The average Bonchev–Trinajstić information content (AvgIpc) is 2.58. The van der Waals surface area contributed by atoms with E-state index in [1.165, 1.54) is 11.3 Å². The molecule has 1 aromatic heterocycles. The van der Waals surface area contributed by atoms with Gasteiger partial charge in [-0.15, -0.1) is 11.3 Å². The minimum Gasteiger partial charge on any atom is -0.316 e. The van der Waals surface area contributed by atoms with E-state index in [2.05, 4.69) is 5.32 Å². The van der Waals surface area contributed by atoms with Crippen molar-refractivity contribution in [1.29, 1.82) is 0 Å². The third-order valence-electron chi connectivity index (χ3n) is 2.36. The van der Waals surface area contributed by atoms with E-state index in [0.717, 1.165) is 18.0 Å². The molecule has 2 heterocycles. The maximum Gasteiger partial charge on any atom is 0.147 e. The van der Waals surface area contributed by atoms with Gasteiger partial charge in [0, 0.05) is 4.88 Å². The monoisotopic (exact) mass is 185 g/mol. The van der Waals surface area contributed by atoms with Crippen LogP contribution in [0.15, 0.2) is 17.5 Å². The van der Waals surface area contributed by atoms with E-state index < -0.39 is 5.67 Å². The summed E-state index contributed by atoms with van der Waals surface area (Å²) in [6.45, 7) is 1.60. The van der Waals surface area contributed by atoms with Crippen molar-refractivity contribution in [2.75, 3.05) is 13.1 Å². The van der Waals surface area contributed by atoms with Crippen molar-refractivity contribution in [3.63, 3.8) is 0 Å². The summed E-state index contributed by atoms with van der Waals surface area (Å²) in [4.78, 5) is 0.893. The van der Waals surface area contributed by atoms with Gasteiger partial charge in [-0.1, -0.05) is 6.07 Å². The zero-order chi connectivity index (χ0) is 8.44. The predicted octanol–water partition coefficient (Wildman–Crippen LogP) is 2.30. The number of alkyl halides is 1. The zero-order valence-corrected chi connectivity index (χ0v) is 7.66. The molecule has 66 valence electrons. The molecule has 0 aliphatic carbocycles. The van der Waals surface area contributed by atoms with Crippen molar-refractivity contribution >= 4 is 11.3 Å². The van der Waals surface area contributed by atoms with Crippen LogP contribution < -0.4 is 5.32 Å². The van der Waals surface area contributed by atoms with Crippen molar-refractivity contribution in [2.45, 2.75) is 18.5 Å². The first-order chi connectivity index (χ1) is 5.81. The molecule has 2 rings (SSSR count). The van der Waals surface area contributed by atoms with Gasteiger partial charge in [0.1, 0.15) is 5.67 Å². The number of nitrogens with one attached hydrogen (secondary N) is 1. The molecule has 1 saturated heterocycles. The molecule has 0 spiro atoms. The van der Waals surface area contributed by atoms with Crippen molar-refractivity contribution in [3.05, 3.63) is 22.4 Å². The Bertz CT molecular complexity index is 239. The summed E-state index contributed by atoms with van der Waals surface area (Å²) < 4.78 is 14.1. The van der Waals surface area contributed by atoms with E-state index in [1.54, 1.807) is 0 Å². The van der Waals surface area contributed by atoms with Gasteiger partial charge in [0.25, 0.3) is 0 Å². The Morgan fingerprint density at radius 2 is 2.17 bits per heavy atom. The summed E-state index contributed by atoms with van der Waals surface area (Å²) in [6.07, 6.45) is 1.24. The smallest absolute Gasteiger partial charge is 0.147 e. The summed E-state index contributed by atoms with van der Waals surface area (Å²) in [6, 6.07) is 3.82. The van der Waals surface area contributed by atoms with Gasteiger partial charge in [0.15, 0.2) is 0 Å². The molecule has 1 N–H and O–H groups in total. The summed E-state index contributed by atoms with van der Waals surface area (Å²) in [7, 11) is 0. The van der Waals surface area contributed by atoms with Gasteiger partial charge in [-0.3, -0.25) is 0 Å². The van der Waals surface area contributed by atoms with Crippen LogP contribution in [0.5, 0.6) is 0 Å². The van der Waals surface area contributed by atoms with Crippen molar-refractivity contribution in [3.8, 4) is 0 Å². The van der Waals surface area contributed by atoms with Gasteiger partial charge in [-0.05, 0) is 37.4 Å². The van der Waals surface area contributed by atoms with E-state index >= 15 is 0 Å². The maximum atomic E-state index is 14.1. The Balaban J connectivity index is 2.19. The average molecular weight is 185 g/mol. The second-order valence-electron chi connectivity index (χ2n) is 3.19. The number of thiophene rings is 1. The largest absolute Gasteiger partial charge is 0.316 e. The normalized spacial score (nSPS) is 22.4. The second kappa shape index (κ2) is 3.15. The van der Waals surface area contributed by atoms with Crippen LogP contribution in [-0.2, 0) is 5.67 Å². The summed E-state index contributed by atoms with van der Waals surface area (Å²) in [5, 5.41) is 5.11. The molecule has 0 aromatic carbocycles. The van der Waals surface area contributed by atoms with Crippen LogP contribution in [0.2, 0.25) is 0 Å². The second-order valence-corrected chi connectivity index (χ2v) is 4.14. The molecule has 1 nitrogen and oxygen atoms in total. The fraction of sp³-hybridized carbons (Fsp3) is 0.556. The quantitative estimate of drug-likeness (QED) is 0.708. The van der Waals surface area contributed by atoms with Gasteiger partial charge in [0.05, 0.1) is 0 Å². The summed E-state index contributed by atoms with van der Waals surface area (Å²) in [5.41, 5.74) is -1.04. The summed E-state index contributed by atoms with van der Waals surface area (Å²) in [5.74, 6) is 0. The predicted molar refractivity (Wildman–Crippen MR) is 49.2 cm³/mol. The first kappa shape index (κ1) is 8.20. The van der Waals surface area contributed by atoms with Gasteiger partial charge in [-0.2, -0.15) is 0 Å². The van der Waals surface area contributed by atoms with Crippen LogP contribution in [0.1, 0.15) is 17.7 Å². The molecular weight excluding hydrogens is 173 g/mol. The van der Waals surface area contributed by atoms with E-state index in [4.69, 9.17) is 0 Å². The number of halogens is 1. The Hall–Kier alpha value is -0.410. The van der Waals surface area contributed by atoms with Gasteiger partial charge >= 0.3 is 0 Å². The van der Waals surface area contributed by atoms with Gasteiger partial charge < -0.3 is 5.32 Å². The van der Waals surface area contributed by atoms with Crippen LogP contribution >= 0.6 is 11.3 Å². The number of piperidine rings is 1. The van der Waals surface area contributed by atoms with E-state index in [1.807, 2.05) is 17.5 Å². The molecule has 0 unspecified atom stereocenters. The third kappa shape index (κ3) is 1.39. The Labute approximate surface area is 75.6 Å². The van der Waals surface area contributed by atoms with Crippen molar-refractivity contribution in [1.82, 2.24) is 5.32 Å². The van der Waals surface area contributed by atoms with Crippen LogP contribution in [-0.4, -0.2) is 13.1 Å². The highest BCUT2D eigenvalue weighted by molar-refractivity contribution is 7.10. The lowest BCUT2D eigenvalue weighted by molar-refractivity contribution is 0.119.